The van der Waals surface area contributed by atoms with E-state index in [-0.39, 0.29) is 18.3 Å². The van der Waals surface area contributed by atoms with Gasteiger partial charge in [-0.25, -0.2) is 4.98 Å². The number of aliphatic hydroxyl groups excluding tert-OH is 1. The van der Waals surface area contributed by atoms with E-state index in [9.17, 15) is 15.2 Å². The monoisotopic (exact) mass is 371 g/mol. The lowest BCUT2D eigenvalue weighted by Crippen LogP contribution is -2.33. The molecule has 0 aliphatic carbocycles. The molecule has 27 heavy (non-hydrogen) atoms. The lowest BCUT2D eigenvalue weighted by Gasteiger charge is -2.25. The number of nitrogens with one attached hydrogen (secondary N) is 1. The van der Waals surface area contributed by atoms with Crippen LogP contribution >= 0.6 is 0 Å². The molecule has 2 N–H and O–H groups in total. The molecule has 1 atom stereocenters. The summed E-state index contributed by atoms with van der Waals surface area (Å²) in [7, 11) is 0. The van der Waals surface area contributed by atoms with E-state index in [1.807, 2.05) is 6.07 Å². The molecular formula is C19H25N5O3. The van der Waals surface area contributed by atoms with Crippen molar-refractivity contribution in [2.24, 2.45) is 0 Å². The van der Waals surface area contributed by atoms with Crippen molar-refractivity contribution >= 4 is 23.1 Å². The van der Waals surface area contributed by atoms with Crippen molar-refractivity contribution in [3.63, 3.8) is 0 Å². The number of hydrogen-bond donors (Lipinski definition) is 2. The van der Waals surface area contributed by atoms with Crippen LogP contribution < -0.4 is 10.2 Å². The third-order valence-electron chi connectivity index (χ3n) is 4.82. The molecule has 1 aromatic carbocycles. The number of nitro groups is 1. The number of nitrogens with zero attached hydrogens (tertiary/aromatic N) is 4. The van der Waals surface area contributed by atoms with Gasteiger partial charge in [0.05, 0.1) is 17.6 Å². The summed E-state index contributed by atoms with van der Waals surface area (Å²) >= 11 is 0. The first-order chi connectivity index (χ1) is 13.0. The Kier molecular flexibility index (Phi) is 5.85. The summed E-state index contributed by atoms with van der Waals surface area (Å²) in [4.78, 5) is 22.1. The second-order valence-electron chi connectivity index (χ2n) is 6.85. The standard InChI is InChI=1S/C19H25N5O3/c1-3-5-14-11-18(23-9-4-6-16(23)12-25)22-19(20-14)21-15-8-7-13(2)17(10-15)24(26)27/h7-8,10-11,16,25H,3-6,9,12H2,1-2H3,(H,20,21,22). The summed E-state index contributed by atoms with van der Waals surface area (Å²) < 4.78 is 0. The van der Waals surface area contributed by atoms with Crippen LogP contribution in [0.5, 0.6) is 0 Å². The zero-order chi connectivity index (χ0) is 19.4. The molecular weight excluding hydrogens is 346 g/mol. The van der Waals surface area contributed by atoms with Crippen molar-refractivity contribution < 1.29 is 10.0 Å². The number of nitro benzene ring substituents is 1. The number of aliphatic hydroxyl groups is 1. The first-order valence-electron chi connectivity index (χ1n) is 9.29. The van der Waals surface area contributed by atoms with E-state index in [0.717, 1.165) is 43.7 Å². The number of hydrogen-bond acceptors (Lipinski definition) is 7. The molecule has 144 valence electrons. The Balaban J connectivity index is 1.93. The third kappa shape index (κ3) is 4.33. The molecule has 0 spiro atoms. The van der Waals surface area contributed by atoms with Gasteiger partial charge in [0.25, 0.3) is 5.69 Å². The van der Waals surface area contributed by atoms with Crippen LogP contribution in [0.3, 0.4) is 0 Å². The molecule has 3 rings (SSSR count). The summed E-state index contributed by atoms with van der Waals surface area (Å²) in [5.74, 6) is 1.20. The maximum atomic E-state index is 11.2. The van der Waals surface area contributed by atoms with E-state index >= 15 is 0 Å². The van der Waals surface area contributed by atoms with Crippen LogP contribution in [0.25, 0.3) is 0 Å². The van der Waals surface area contributed by atoms with Crippen LogP contribution in [0.15, 0.2) is 24.3 Å². The van der Waals surface area contributed by atoms with Crippen LogP contribution in [0.1, 0.15) is 37.4 Å². The number of aromatic nitrogens is 2. The molecule has 0 bridgehead atoms. The highest BCUT2D eigenvalue weighted by molar-refractivity contribution is 5.61. The largest absolute Gasteiger partial charge is 0.394 e. The van der Waals surface area contributed by atoms with Crippen LogP contribution in [-0.2, 0) is 6.42 Å². The van der Waals surface area contributed by atoms with Crippen LogP contribution in [0.4, 0.5) is 23.1 Å². The molecule has 0 radical (unpaired) electrons. The van der Waals surface area contributed by atoms with Crippen molar-refractivity contribution in [3.05, 3.63) is 45.6 Å². The summed E-state index contributed by atoms with van der Waals surface area (Å²) in [5.41, 5.74) is 2.15. The number of aryl methyl sites for hydroxylation is 2. The van der Waals surface area contributed by atoms with Gasteiger partial charge in [0.1, 0.15) is 5.82 Å². The minimum atomic E-state index is -0.392. The predicted molar refractivity (Wildman–Crippen MR) is 105 cm³/mol. The predicted octanol–water partition coefficient (Wildman–Crippen LogP) is 3.35. The molecule has 2 heterocycles. The lowest BCUT2D eigenvalue weighted by molar-refractivity contribution is -0.385. The van der Waals surface area contributed by atoms with E-state index in [2.05, 4.69) is 27.1 Å². The zero-order valence-corrected chi connectivity index (χ0v) is 15.7. The van der Waals surface area contributed by atoms with Crippen molar-refractivity contribution in [3.8, 4) is 0 Å². The maximum Gasteiger partial charge on any atom is 0.274 e. The zero-order valence-electron chi connectivity index (χ0n) is 15.7. The summed E-state index contributed by atoms with van der Waals surface area (Å²) in [6, 6.07) is 7.03. The van der Waals surface area contributed by atoms with Gasteiger partial charge in [-0.2, -0.15) is 4.98 Å². The Morgan fingerprint density at radius 3 is 2.89 bits per heavy atom. The molecule has 8 nitrogen and oxygen atoms in total. The smallest absolute Gasteiger partial charge is 0.274 e. The highest BCUT2D eigenvalue weighted by atomic mass is 16.6. The maximum absolute atomic E-state index is 11.2. The average molecular weight is 371 g/mol. The van der Waals surface area contributed by atoms with Crippen molar-refractivity contribution in [1.82, 2.24) is 9.97 Å². The first kappa shape index (κ1) is 19.0. The highest BCUT2D eigenvalue weighted by Crippen LogP contribution is 2.28. The van der Waals surface area contributed by atoms with Crippen LogP contribution in [0.2, 0.25) is 0 Å². The minimum Gasteiger partial charge on any atom is -0.394 e. The van der Waals surface area contributed by atoms with E-state index in [1.165, 1.54) is 6.07 Å². The van der Waals surface area contributed by atoms with Crippen molar-refractivity contribution in [1.29, 1.82) is 0 Å². The molecule has 1 fully saturated rings. The topological polar surface area (TPSA) is 104 Å². The fraction of sp³-hybridized carbons (Fsp3) is 0.474. The number of benzene rings is 1. The molecule has 1 aliphatic rings. The summed E-state index contributed by atoms with van der Waals surface area (Å²) in [6.07, 6.45) is 3.73. The summed E-state index contributed by atoms with van der Waals surface area (Å²) in [5, 5.41) is 23.9. The van der Waals surface area contributed by atoms with Gasteiger partial charge in [-0.1, -0.05) is 19.4 Å². The number of anilines is 3. The Bertz CT molecular complexity index is 827. The van der Waals surface area contributed by atoms with Gasteiger partial charge in [-0.05, 0) is 32.3 Å². The molecule has 0 saturated carbocycles. The Labute approximate surface area is 158 Å². The molecule has 1 saturated heterocycles. The van der Waals surface area contributed by atoms with Gasteiger partial charge in [0.15, 0.2) is 0 Å². The van der Waals surface area contributed by atoms with E-state index in [0.29, 0.717) is 17.2 Å². The Hall–Kier alpha value is -2.74. The van der Waals surface area contributed by atoms with E-state index in [4.69, 9.17) is 0 Å². The van der Waals surface area contributed by atoms with Crippen LogP contribution in [0, 0.1) is 17.0 Å². The van der Waals surface area contributed by atoms with Crippen molar-refractivity contribution in [2.75, 3.05) is 23.4 Å². The third-order valence-corrected chi connectivity index (χ3v) is 4.82. The number of rotatable bonds is 7. The molecule has 1 aromatic heterocycles. The Morgan fingerprint density at radius 1 is 1.37 bits per heavy atom. The molecule has 8 heteroatoms. The van der Waals surface area contributed by atoms with Gasteiger partial charge < -0.3 is 15.3 Å². The van der Waals surface area contributed by atoms with Gasteiger partial charge >= 0.3 is 0 Å². The average Bonchev–Trinajstić information content (AvgIpc) is 3.12. The molecule has 2 aromatic rings. The highest BCUT2D eigenvalue weighted by Gasteiger charge is 2.25. The van der Waals surface area contributed by atoms with E-state index in [1.54, 1.807) is 19.1 Å². The second kappa shape index (κ2) is 8.30. The fourth-order valence-corrected chi connectivity index (χ4v) is 3.41. The second-order valence-corrected chi connectivity index (χ2v) is 6.85. The van der Waals surface area contributed by atoms with Gasteiger partial charge in [0, 0.05) is 35.6 Å². The Morgan fingerprint density at radius 2 is 2.19 bits per heavy atom. The van der Waals surface area contributed by atoms with Gasteiger partial charge in [0.2, 0.25) is 5.95 Å². The van der Waals surface area contributed by atoms with Crippen LogP contribution in [-0.4, -0.2) is 39.2 Å². The molecule has 1 aliphatic heterocycles. The fourth-order valence-electron chi connectivity index (χ4n) is 3.41. The normalized spacial score (nSPS) is 16.6. The minimum absolute atomic E-state index is 0.0600. The lowest BCUT2D eigenvalue weighted by atomic mass is 10.2. The van der Waals surface area contributed by atoms with Gasteiger partial charge in [-0.15, -0.1) is 0 Å². The first-order valence-corrected chi connectivity index (χ1v) is 9.29. The van der Waals surface area contributed by atoms with Gasteiger partial charge in [-0.3, -0.25) is 10.1 Å². The SMILES string of the molecule is CCCc1cc(N2CCCC2CO)nc(Nc2ccc(C)c([N+](=O)[O-])c2)n1. The quantitative estimate of drug-likeness (QED) is 0.568. The van der Waals surface area contributed by atoms with Crippen molar-refractivity contribution in [2.45, 2.75) is 45.6 Å². The van der Waals surface area contributed by atoms with E-state index < -0.39 is 4.92 Å². The molecule has 1 unspecified atom stereocenters. The molecule has 0 amide bonds. The summed E-state index contributed by atoms with van der Waals surface area (Å²) in [6.45, 7) is 4.74.